The summed E-state index contributed by atoms with van der Waals surface area (Å²) in [5.41, 5.74) is 0.200. The number of hydrogen-bond acceptors (Lipinski definition) is 6. The Morgan fingerprint density at radius 3 is 2.33 bits per heavy atom. The van der Waals surface area contributed by atoms with E-state index in [2.05, 4.69) is 0 Å². The molecule has 2 aliphatic carbocycles. The summed E-state index contributed by atoms with van der Waals surface area (Å²) in [5, 5.41) is 11.3. The minimum atomic E-state index is -1.24. The first-order valence-corrected chi connectivity index (χ1v) is 8.54. The van der Waals surface area contributed by atoms with Crippen LogP contribution in [-0.2, 0) is 19.1 Å². The summed E-state index contributed by atoms with van der Waals surface area (Å²) in [6.45, 7) is 5.15. The molecule has 0 spiro atoms. The molecule has 0 N–H and O–H groups in total. The van der Waals surface area contributed by atoms with E-state index in [-0.39, 0.29) is 25.0 Å². The standard InChI is InChI=1S/C17H25NO6/c1-4-11-7-12-9-17(10-18(21)22,13(12)8-11)14(15(19)23-5-2)16(20)24-6-3/h8,12-14H,4-7,9-10H2,1-3H3/t12-,13-,17-/m1/s1. The van der Waals surface area contributed by atoms with Gasteiger partial charge in [0.05, 0.1) is 18.6 Å². The molecule has 24 heavy (non-hydrogen) atoms. The molecule has 2 aliphatic rings. The lowest BCUT2D eigenvalue weighted by Gasteiger charge is -2.51. The third kappa shape index (κ3) is 3.16. The highest BCUT2D eigenvalue weighted by atomic mass is 16.6. The molecule has 3 atom stereocenters. The number of carbonyl (C=O) groups excluding carboxylic acids is 2. The van der Waals surface area contributed by atoms with Gasteiger partial charge in [-0.1, -0.05) is 18.6 Å². The number of allylic oxidation sites excluding steroid dienone is 2. The van der Waals surface area contributed by atoms with E-state index in [1.54, 1.807) is 13.8 Å². The molecule has 0 unspecified atom stereocenters. The van der Waals surface area contributed by atoms with Crippen LogP contribution in [0.4, 0.5) is 0 Å². The molecule has 2 rings (SSSR count). The van der Waals surface area contributed by atoms with E-state index in [4.69, 9.17) is 9.47 Å². The Bertz CT molecular complexity index is 539. The summed E-state index contributed by atoms with van der Waals surface area (Å²) in [4.78, 5) is 35.8. The van der Waals surface area contributed by atoms with Gasteiger partial charge in [-0.25, -0.2) is 0 Å². The molecule has 7 heteroatoms. The van der Waals surface area contributed by atoms with Crippen molar-refractivity contribution in [3.8, 4) is 0 Å². The number of rotatable bonds is 8. The number of nitrogens with zero attached hydrogens (tertiary/aromatic N) is 1. The van der Waals surface area contributed by atoms with Crippen molar-refractivity contribution in [3.05, 3.63) is 21.8 Å². The van der Waals surface area contributed by atoms with E-state index in [0.29, 0.717) is 6.42 Å². The molecule has 0 aromatic heterocycles. The SMILES string of the molecule is CCOC(=O)C(C(=O)OCC)[C@@]1(C[N+](=O)[O-])C[C@H]2CC(CC)=C[C@H]21. The Kier molecular flexibility index (Phi) is 5.62. The number of nitro groups is 1. The Labute approximate surface area is 141 Å². The summed E-state index contributed by atoms with van der Waals surface area (Å²) >= 11 is 0. The molecule has 134 valence electrons. The molecular formula is C17H25NO6. The van der Waals surface area contributed by atoms with E-state index in [1.807, 2.05) is 13.0 Å². The molecule has 0 aromatic rings. The minimum absolute atomic E-state index is 0.118. The predicted octanol–water partition coefficient (Wildman–Crippen LogP) is 2.37. The van der Waals surface area contributed by atoms with Crippen LogP contribution in [0.15, 0.2) is 11.6 Å². The molecule has 0 bridgehead atoms. The second kappa shape index (κ2) is 7.32. The van der Waals surface area contributed by atoms with Crippen molar-refractivity contribution in [2.24, 2.45) is 23.2 Å². The number of carbonyl (C=O) groups is 2. The van der Waals surface area contributed by atoms with E-state index in [0.717, 1.165) is 12.8 Å². The Balaban J connectivity index is 2.39. The summed E-state index contributed by atoms with van der Waals surface area (Å²) < 4.78 is 10.1. The topological polar surface area (TPSA) is 95.7 Å². The van der Waals surface area contributed by atoms with Gasteiger partial charge in [0.1, 0.15) is 0 Å². The van der Waals surface area contributed by atoms with Crippen LogP contribution in [0.2, 0.25) is 0 Å². The van der Waals surface area contributed by atoms with E-state index < -0.39 is 34.7 Å². The first-order valence-electron chi connectivity index (χ1n) is 8.54. The average Bonchev–Trinajstić information content (AvgIpc) is 2.84. The summed E-state index contributed by atoms with van der Waals surface area (Å²) in [6, 6.07) is 0. The van der Waals surface area contributed by atoms with Crippen LogP contribution in [0.5, 0.6) is 0 Å². The third-order valence-electron chi connectivity index (χ3n) is 5.25. The van der Waals surface area contributed by atoms with E-state index in [1.165, 1.54) is 5.57 Å². The molecule has 0 aliphatic heterocycles. The fourth-order valence-electron chi connectivity index (χ4n) is 4.31. The molecule has 7 nitrogen and oxygen atoms in total. The van der Waals surface area contributed by atoms with Gasteiger partial charge >= 0.3 is 11.9 Å². The fraction of sp³-hybridized carbons (Fsp3) is 0.765. The van der Waals surface area contributed by atoms with Crippen LogP contribution in [0.3, 0.4) is 0 Å². The van der Waals surface area contributed by atoms with Crippen molar-refractivity contribution in [1.29, 1.82) is 0 Å². The smallest absolute Gasteiger partial charge is 0.321 e. The third-order valence-corrected chi connectivity index (χ3v) is 5.25. The molecule has 1 saturated carbocycles. The van der Waals surface area contributed by atoms with Gasteiger partial charge in [0.25, 0.3) is 0 Å². The average molecular weight is 339 g/mol. The number of esters is 2. The lowest BCUT2D eigenvalue weighted by atomic mass is 9.49. The fourth-order valence-corrected chi connectivity index (χ4v) is 4.31. The zero-order valence-electron chi connectivity index (χ0n) is 14.4. The van der Waals surface area contributed by atoms with Gasteiger partial charge in [0.15, 0.2) is 5.92 Å². The molecule has 0 heterocycles. The van der Waals surface area contributed by atoms with Crippen LogP contribution in [0.25, 0.3) is 0 Å². The summed E-state index contributed by atoms with van der Waals surface area (Å²) in [6.07, 6.45) is 4.27. The van der Waals surface area contributed by atoms with Crippen molar-refractivity contribution in [2.45, 2.75) is 40.0 Å². The molecular weight excluding hydrogens is 314 g/mol. The normalized spacial score (nSPS) is 27.9. The van der Waals surface area contributed by atoms with Gasteiger partial charge < -0.3 is 9.47 Å². The Morgan fingerprint density at radius 1 is 1.29 bits per heavy atom. The monoisotopic (exact) mass is 339 g/mol. The highest BCUT2D eigenvalue weighted by molar-refractivity contribution is 5.96. The second-order valence-electron chi connectivity index (χ2n) is 6.53. The zero-order chi connectivity index (χ0) is 17.9. The van der Waals surface area contributed by atoms with Crippen molar-refractivity contribution in [3.63, 3.8) is 0 Å². The maximum atomic E-state index is 12.5. The largest absolute Gasteiger partial charge is 0.465 e. The van der Waals surface area contributed by atoms with Crippen LogP contribution in [-0.4, -0.2) is 36.6 Å². The van der Waals surface area contributed by atoms with Crippen molar-refractivity contribution in [2.75, 3.05) is 19.8 Å². The predicted molar refractivity (Wildman–Crippen MR) is 85.6 cm³/mol. The van der Waals surface area contributed by atoms with Crippen molar-refractivity contribution in [1.82, 2.24) is 0 Å². The first-order chi connectivity index (χ1) is 11.4. The van der Waals surface area contributed by atoms with Gasteiger partial charge in [0.2, 0.25) is 6.54 Å². The maximum absolute atomic E-state index is 12.5. The molecule has 0 amide bonds. The lowest BCUT2D eigenvalue weighted by molar-refractivity contribution is -0.508. The van der Waals surface area contributed by atoms with Gasteiger partial charge in [-0.2, -0.15) is 0 Å². The highest BCUT2D eigenvalue weighted by Crippen LogP contribution is 2.62. The lowest BCUT2D eigenvalue weighted by Crippen LogP contribution is -2.59. The minimum Gasteiger partial charge on any atom is -0.465 e. The van der Waals surface area contributed by atoms with E-state index in [9.17, 15) is 19.7 Å². The molecule has 0 aromatic carbocycles. The van der Waals surface area contributed by atoms with Gasteiger partial charge in [-0.3, -0.25) is 19.7 Å². The molecule has 0 saturated heterocycles. The number of hydrogen-bond donors (Lipinski definition) is 0. The maximum Gasteiger partial charge on any atom is 0.321 e. The summed E-state index contributed by atoms with van der Waals surface area (Å²) in [5.74, 6) is -2.54. The zero-order valence-corrected chi connectivity index (χ0v) is 14.4. The van der Waals surface area contributed by atoms with E-state index >= 15 is 0 Å². The van der Waals surface area contributed by atoms with Crippen LogP contribution in [0.1, 0.15) is 40.0 Å². The Morgan fingerprint density at radius 2 is 1.88 bits per heavy atom. The van der Waals surface area contributed by atoms with Crippen molar-refractivity contribution >= 4 is 11.9 Å². The highest BCUT2D eigenvalue weighted by Gasteiger charge is 2.66. The number of fused-ring (bicyclic) bond motifs is 1. The van der Waals surface area contributed by atoms with Crippen LogP contribution >= 0.6 is 0 Å². The van der Waals surface area contributed by atoms with Crippen LogP contribution < -0.4 is 0 Å². The van der Waals surface area contributed by atoms with Gasteiger partial charge in [-0.15, -0.1) is 0 Å². The Hall–Kier alpha value is -1.92. The van der Waals surface area contributed by atoms with Gasteiger partial charge in [0, 0.05) is 4.92 Å². The molecule has 0 radical (unpaired) electrons. The summed E-state index contributed by atoms with van der Waals surface area (Å²) in [7, 11) is 0. The number of ether oxygens (including phenoxy) is 2. The molecule has 1 fully saturated rings. The second-order valence-corrected chi connectivity index (χ2v) is 6.53. The van der Waals surface area contributed by atoms with Gasteiger partial charge in [-0.05, 0) is 44.9 Å². The van der Waals surface area contributed by atoms with Crippen LogP contribution in [0, 0.1) is 33.3 Å². The quantitative estimate of drug-likeness (QED) is 0.221. The van der Waals surface area contributed by atoms with Crippen molar-refractivity contribution < 1.29 is 24.0 Å². The first kappa shape index (κ1) is 18.4.